The van der Waals surface area contributed by atoms with Crippen LogP contribution >= 0.6 is 0 Å². The maximum Gasteiger partial charge on any atom is 0.294 e. The minimum Gasteiger partial charge on any atom is -0.497 e. The number of nitrogens with zero attached hydrogens (tertiary/aromatic N) is 6. The molecule has 2 heterocycles. The summed E-state index contributed by atoms with van der Waals surface area (Å²) in [6.07, 6.45) is 1.38. The van der Waals surface area contributed by atoms with E-state index < -0.39 is 5.91 Å². The second-order valence-corrected chi connectivity index (χ2v) is 7.05. The number of methoxy groups -OCH3 is 4. The molecule has 0 saturated heterocycles. The molecule has 4 rings (SSSR count). The lowest BCUT2D eigenvalue weighted by atomic mass is 10.1. The number of nitrogens with two attached hydrogens (primary N) is 1. The number of carbonyl (C=O) groups excluding carboxylic acids is 1. The van der Waals surface area contributed by atoms with E-state index in [4.69, 9.17) is 24.7 Å². The van der Waals surface area contributed by atoms with Crippen molar-refractivity contribution in [1.29, 1.82) is 0 Å². The summed E-state index contributed by atoms with van der Waals surface area (Å²) >= 11 is 0. The van der Waals surface area contributed by atoms with Crippen molar-refractivity contribution < 1.29 is 28.4 Å². The van der Waals surface area contributed by atoms with Gasteiger partial charge in [-0.25, -0.2) is 10.1 Å². The summed E-state index contributed by atoms with van der Waals surface area (Å²) in [7, 11) is 6.04. The monoisotopic (exact) mass is 494 g/mol. The van der Waals surface area contributed by atoms with Crippen LogP contribution in [0.2, 0.25) is 0 Å². The van der Waals surface area contributed by atoms with Crippen LogP contribution in [0, 0.1) is 0 Å². The number of ether oxygens (including phenoxy) is 4. The van der Waals surface area contributed by atoms with Crippen LogP contribution in [0.4, 0.5) is 5.82 Å². The predicted octanol–water partition coefficient (Wildman–Crippen LogP) is 1.70. The second kappa shape index (κ2) is 10.4. The molecule has 14 heteroatoms. The van der Waals surface area contributed by atoms with Crippen LogP contribution in [-0.2, 0) is 0 Å². The molecule has 0 unspecified atom stereocenters. The summed E-state index contributed by atoms with van der Waals surface area (Å²) in [5.74, 6) is 1.32. The van der Waals surface area contributed by atoms with Gasteiger partial charge in [-0.15, -0.1) is 5.10 Å². The molecular weight excluding hydrogens is 472 g/mol. The molecule has 0 aliphatic rings. The maximum absolute atomic E-state index is 13.1. The van der Waals surface area contributed by atoms with E-state index in [0.717, 1.165) is 0 Å². The number of nitrogen functional groups attached to an aromatic ring is 1. The molecule has 4 aromatic rings. The molecule has 2 aromatic heterocycles. The molecule has 0 atom stereocenters. The average Bonchev–Trinajstić information content (AvgIpc) is 3.54. The molecule has 0 spiro atoms. The molecule has 0 aliphatic carbocycles. The molecular formula is C22H22N8O6. The SMILES string of the molecule is COc1cccc(-c2c(C(=O)NN=Cc3c(OC)cc(OC)cc3OC)nnn2-c2nonc2N)c1. The number of amides is 1. The number of rotatable bonds is 9. The van der Waals surface area contributed by atoms with Gasteiger partial charge in [0.25, 0.3) is 5.91 Å². The largest absolute Gasteiger partial charge is 0.497 e. The molecule has 3 N–H and O–H groups in total. The summed E-state index contributed by atoms with van der Waals surface area (Å²) in [5, 5.41) is 19.4. The van der Waals surface area contributed by atoms with E-state index in [2.05, 4.69) is 35.8 Å². The zero-order valence-corrected chi connectivity index (χ0v) is 19.8. The van der Waals surface area contributed by atoms with Crippen molar-refractivity contribution in [2.24, 2.45) is 5.10 Å². The molecule has 0 radical (unpaired) electrons. The number of aromatic nitrogens is 5. The zero-order chi connectivity index (χ0) is 25.7. The van der Waals surface area contributed by atoms with E-state index in [9.17, 15) is 4.79 Å². The highest BCUT2D eigenvalue weighted by atomic mass is 16.6. The molecule has 0 fully saturated rings. The van der Waals surface area contributed by atoms with Crippen molar-refractivity contribution in [3.8, 4) is 40.1 Å². The van der Waals surface area contributed by atoms with Crippen LogP contribution in [0.3, 0.4) is 0 Å². The maximum atomic E-state index is 13.1. The van der Waals surface area contributed by atoms with E-state index in [1.54, 1.807) is 36.4 Å². The molecule has 36 heavy (non-hydrogen) atoms. The number of hydrogen-bond donors (Lipinski definition) is 2. The second-order valence-electron chi connectivity index (χ2n) is 7.05. The first-order valence-electron chi connectivity index (χ1n) is 10.3. The van der Waals surface area contributed by atoms with Crippen molar-refractivity contribution in [1.82, 2.24) is 30.7 Å². The normalized spacial score (nSPS) is 10.9. The summed E-state index contributed by atoms with van der Waals surface area (Å²) in [6, 6.07) is 10.3. The fraction of sp³-hybridized carbons (Fsp3) is 0.182. The van der Waals surface area contributed by atoms with Crippen LogP contribution in [0.1, 0.15) is 16.1 Å². The van der Waals surface area contributed by atoms with Crippen LogP contribution < -0.4 is 30.1 Å². The van der Waals surface area contributed by atoms with Gasteiger partial charge >= 0.3 is 0 Å². The van der Waals surface area contributed by atoms with Gasteiger partial charge in [-0.2, -0.15) is 9.78 Å². The van der Waals surface area contributed by atoms with Gasteiger partial charge in [0.15, 0.2) is 5.69 Å². The quantitative estimate of drug-likeness (QED) is 0.256. The molecule has 0 bridgehead atoms. The number of hydrazone groups is 1. The Morgan fingerprint density at radius 3 is 2.36 bits per heavy atom. The highest BCUT2D eigenvalue weighted by Gasteiger charge is 2.25. The van der Waals surface area contributed by atoms with E-state index in [1.807, 2.05) is 0 Å². The van der Waals surface area contributed by atoms with Crippen LogP contribution in [0.15, 0.2) is 46.1 Å². The van der Waals surface area contributed by atoms with E-state index >= 15 is 0 Å². The fourth-order valence-corrected chi connectivity index (χ4v) is 3.32. The Bertz CT molecular complexity index is 1390. The average molecular weight is 494 g/mol. The lowest BCUT2D eigenvalue weighted by Gasteiger charge is -2.12. The zero-order valence-electron chi connectivity index (χ0n) is 19.8. The number of hydrogen-bond acceptors (Lipinski definition) is 12. The molecule has 186 valence electrons. The summed E-state index contributed by atoms with van der Waals surface area (Å²) < 4.78 is 27.3. The highest BCUT2D eigenvalue weighted by Crippen LogP contribution is 2.33. The van der Waals surface area contributed by atoms with Gasteiger partial charge in [-0.1, -0.05) is 17.3 Å². The highest BCUT2D eigenvalue weighted by molar-refractivity contribution is 5.99. The third-order valence-electron chi connectivity index (χ3n) is 5.04. The Morgan fingerprint density at radius 1 is 1.03 bits per heavy atom. The minimum atomic E-state index is -0.656. The summed E-state index contributed by atoms with van der Waals surface area (Å²) in [4.78, 5) is 13.1. The fourth-order valence-electron chi connectivity index (χ4n) is 3.32. The molecule has 2 aromatic carbocycles. The summed E-state index contributed by atoms with van der Waals surface area (Å²) in [6.45, 7) is 0. The smallest absolute Gasteiger partial charge is 0.294 e. The van der Waals surface area contributed by atoms with Gasteiger partial charge in [-0.05, 0) is 22.4 Å². The van der Waals surface area contributed by atoms with Crippen LogP contribution in [0.25, 0.3) is 17.1 Å². The van der Waals surface area contributed by atoms with Crippen molar-refractivity contribution in [3.63, 3.8) is 0 Å². The number of nitrogens with one attached hydrogen (secondary N) is 1. The van der Waals surface area contributed by atoms with Gasteiger partial charge in [0, 0.05) is 17.7 Å². The molecule has 1 amide bonds. The first kappa shape index (κ1) is 24.0. The Balaban J connectivity index is 1.70. The minimum absolute atomic E-state index is 0.0345. The van der Waals surface area contributed by atoms with E-state index in [0.29, 0.717) is 34.1 Å². The molecule has 0 aliphatic heterocycles. The van der Waals surface area contributed by atoms with Gasteiger partial charge in [0.05, 0.1) is 40.2 Å². The lowest BCUT2D eigenvalue weighted by molar-refractivity contribution is 0.0950. The number of carbonyl (C=O) groups is 1. The number of anilines is 1. The first-order chi connectivity index (χ1) is 17.5. The Labute approximate surface area is 204 Å². The van der Waals surface area contributed by atoms with Gasteiger partial charge in [0.2, 0.25) is 11.6 Å². The molecule has 0 saturated carbocycles. The standard InChI is InChI=1S/C22H22N8O6/c1-32-13-7-5-6-12(8-13)19-18(25-29-30(19)21-20(23)27-36-28-21)22(31)26-24-11-15-16(34-3)9-14(33-2)10-17(15)35-4/h5-11H,1-4H3,(H2,23,27)(H,26,31). The molecule has 14 nitrogen and oxygen atoms in total. The van der Waals surface area contributed by atoms with Crippen LogP contribution in [-0.4, -0.2) is 65.9 Å². The van der Waals surface area contributed by atoms with Gasteiger partial charge in [-0.3, -0.25) is 4.79 Å². The van der Waals surface area contributed by atoms with Crippen molar-refractivity contribution >= 4 is 17.9 Å². The predicted molar refractivity (Wildman–Crippen MR) is 127 cm³/mol. The van der Waals surface area contributed by atoms with Crippen molar-refractivity contribution in [2.45, 2.75) is 0 Å². The van der Waals surface area contributed by atoms with E-state index in [-0.39, 0.29) is 23.0 Å². The van der Waals surface area contributed by atoms with Crippen LogP contribution in [0.5, 0.6) is 23.0 Å². The number of benzene rings is 2. The Kier molecular flexibility index (Phi) is 6.95. The lowest BCUT2D eigenvalue weighted by Crippen LogP contribution is -2.19. The summed E-state index contributed by atoms with van der Waals surface area (Å²) in [5.41, 5.74) is 9.53. The first-order valence-corrected chi connectivity index (χ1v) is 10.3. The van der Waals surface area contributed by atoms with Crippen molar-refractivity contribution in [2.75, 3.05) is 34.2 Å². The Morgan fingerprint density at radius 2 is 1.75 bits per heavy atom. The van der Waals surface area contributed by atoms with Gasteiger partial charge in [0.1, 0.15) is 28.7 Å². The Hall–Kier alpha value is -5.14. The van der Waals surface area contributed by atoms with Gasteiger partial charge < -0.3 is 24.7 Å². The third-order valence-corrected chi connectivity index (χ3v) is 5.04. The third kappa shape index (κ3) is 4.59. The van der Waals surface area contributed by atoms with Crippen molar-refractivity contribution in [3.05, 3.63) is 47.7 Å². The van der Waals surface area contributed by atoms with E-state index in [1.165, 1.54) is 39.3 Å². The topological polar surface area (TPSA) is 174 Å².